The van der Waals surface area contributed by atoms with Crippen molar-refractivity contribution in [3.8, 4) is 5.75 Å². The van der Waals surface area contributed by atoms with Crippen LogP contribution in [0.1, 0.15) is 66.8 Å². The molecular weight excluding hydrogens is 450 g/mol. The van der Waals surface area contributed by atoms with Gasteiger partial charge in [0.2, 0.25) is 5.78 Å². The molecule has 0 amide bonds. The van der Waals surface area contributed by atoms with E-state index >= 15 is 0 Å². The van der Waals surface area contributed by atoms with Gasteiger partial charge in [0.25, 0.3) is 0 Å². The van der Waals surface area contributed by atoms with Crippen LogP contribution in [0.3, 0.4) is 0 Å². The topological polar surface area (TPSA) is 59.8 Å². The molecule has 0 radical (unpaired) electrons. The van der Waals surface area contributed by atoms with Crippen molar-refractivity contribution in [2.45, 2.75) is 53.4 Å². The highest BCUT2D eigenvalue weighted by atomic mass is 35.5. The SMILES string of the molecule is CCCCN(CCCC)CCOc1c(C)cc(C(=O)c2cc(=O)c3ccccc3o2)cc1C.Cl. The minimum atomic E-state index is -0.305. The number of aryl methyl sites for hydroxylation is 2. The molecular formula is C28H36ClNO4. The normalized spacial score (nSPS) is 11.0. The minimum Gasteiger partial charge on any atom is -0.492 e. The summed E-state index contributed by atoms with van der Waals surface area (Å²) in [4.78, 5) is 27.9. The molecule has 0 atom stereocenters. The van der Waals surface area contributed by atoms with Crippen LogP contribution >= 0.6 is 12.4 Å². The van der Waals surface area contributed by atoms with E-state index in [4.69, 9.17) is 9.15 Å². The molecule has 0 fully saturated rings. The average molecular weight is 486 g/mol. The summed E-state index contributed by atoms with van der Waals surface area (Å²) < 4.78 is 11.9. The molecule has 184 valence electrons. The lowest BCUT2D eigenvalue weighted by Gasteiger charge is -2.22. The molecule has 0 saturated heterocycles. The van der Waals surface area contributed by atoms with Gasteiger partial charge in [0.1, 0.15) is 17.9 Å². The summed E-state index contributed by atoms with van der Waals surface area (Å²) in [5, 5.41) is 0.470. The molecule has 0 aliphatic heterocycles. The lowest BCUT2D eigenvalue weighted by molar-refractivity contribution is 0.101. The van der Waals surface area contributed by atoms with E-state index in [1.54, 1.807) is 24.3 Å². The van der Waals surface area contributed by atoms with Gasteiger partial charge in [0.05, 0.1) is 5.39 Å². The van der Waals surface area contributed by atoms with Crippen LogP contribution in [-0.4, -0.2) is 36.9 Å². The highest BCUT2D eigenvalue weighted by molar-refractivity contribution is 6.08. The van der Waals surface area contributed by atoms with Crippen LogP contribution in [0.15, 0.2) is 51.7 Å². The molecule has 3 rings (SSSR count). The highest BCUT2D eigenvalue weighted by Crippen LogP contribution is 2.26. The van der Waals surface area contributed by atoms with E-state index < -0.39 is 0 Å². The molecule has 0 saturated carbocycles. The van der Waals surface area contributed by atoms with Crippen molar-refractivity contribution in [1.82, 2.24) is 4.90 Å². The third-order valence-corrected chi connectivity index (χ3v) is 5.89. The van der Waals surface area contributed by atoms with Crippen molar-refractivity contribution in [3.63, 3.8) is 0 Å². The molecule has 1 aromatic heterocycles. The molecule has 2 aromatic carbocycles. The van der Waals surface area contributed by atoms with Crippen LogP contribution in [0.2, 0.25) is 0 Å². The fraction of sp³-hybridized carbons (Fsp3) is 0.429. The largest absolute Gasteiger partial charge is 0.492 e. The second kappa shape index (κ2) is 13.3. The molecule has 0 aliphatic rings. The fourth-order valence-electron chi connectivity index (χ4n) is 4.04. The first kappa shape index (κ1) is 27.6. The van der Waals surface area contributed by atoms with E-state index in [2.05, 4.69) is 18.7 Å². The third-order valence-electron chi connectivity index (χ3n) is 5.89. The minimum absolute atomic E-state index is 0. The number of fused-ring (bicyclic) bond motifs is 1. The Morgan fingerprint density at radius 3 is 2.18 bits per heavy atom. The maximum absolute atomic E-state index is 13.1. The second-order valence-corrected chi connectivity index (χ2v) is 8.64. The molecule has 0 aliphatic carbocycles. The Bertz CT molecular complexity index is 1120. The van der Waals surface area contributed by atoms with Crippen molar-refractivity contribution in [2.75, 3.05) is 26.2 Å². The zero-order valence-corrected chi connectivity index (χ0v) is 21.5. The molecule has 34 heavy (non-hydrogen) atoms. The Kier molecular flexibility index (Phi) is 10.8. The number of hydrogen-bond acceptors (Lipinski definition) is 5. The lowest BCUT2D eigenvalue weighted by atomic mass is 10.0. The maximum atomic E-state index is 13.1. The zero-order valence-electron chi connectivity index (χ0n) is 20.7. The first-order valence-electron chi connectivity index (χ1n) is 12.0. The van der Waals surface area contributed by atoms with Crippen molar-refractivity contribution < 1.29 is 13.9 Å². The Morgan fingerprint density at radius 1 is 0.941 bits per heavy atom. The molecule has 0 spiro atoms. The van der Waals surface area contributed by atoms with Gasteiger partial charge >= 0.3 is 0 Å². The van der Waals surface area contributed by atoms with Crippen molar-refractivity contribution in [2.24, 2.45) is 0 Å². The molecule has 1 heterocycles. The van der Waals surface area contributed by atoms with Gasteiger partial charge in [0.15, 0.2) is 11.2 Å². The van der Waals surface area contributed by atoms with Gasteiger partial charge in [-0.2, -0.15) is 0 Å². The summed E-state index contributed by atoms with van der Waals surface area (Å²) in [6.07, 6.45) is 4.77. The summed E-state index contributed by atoms with van der Waals surface area (Å²) in [6, 6.07) is 11.9. The summed E-state index contributed by atoms with van der Waals surface area (Å²) in [5.74, 6) is 0.562. The van der Waals surface area contributed by atoms with Crippen LogP contribution in [0.5, 0.6) is 5.75 Å². The Morgan fingerprint density at radius 2 is 1.56 bits per heavy atom. The molecule has 6 heteroatoms. The Labute approximate surface area is 208 Å². The predicted octanol–water partition coefficient (Wildman–Crippen LogP) is 6.34. The number of halogens is 1. The summed E-state index contributed by atoms with van der Waals surface area (Å²) in [5.41, 5.74) is 2.48. The van der Waals surface area contributed by atoms with Crippen molar-refractivity contribution >= 4 is 29.2 Å². The van der Waals surface area contributed by atoms with Crippen LogP contribution in [0.4, 0.5) is 0 Å². The number of rotatable bonds is 12. The van der Waals surface area contributed by atoms with Gasteiger partial charge in [-0.05, 0) is 75.2 Å². The third kappa shape index (κ3) is 6.94. The molecule has 5 nitrogen and oxygen atoms in total. The molecule has 0 N–H and O–H groups in total. The first-order valence-corrected chi connectivity index (χ1v) is 12.0. The number of nitrogens with zero attached hydrogens (tertiary/aromatic N) is 1. The van der Waals surface area contributed by atoms with Crippen LogP contribution < -0.4 is 10.2 Å². The van der Waals surface area contributed by atoms with E-state index in [-0.39, 0.29) is 29.4 Å². The van der Waals surface area contributed by atoms with Gasteiger partial charge in [-0.1, -0.05) is 38.8 Å². The van der Waals surface area contributed by atoms with E-state index in [1.807, 2.05) is 26.0 Å². The number of ether oxygens (including phenoxy) is 1. The number of ketones is 1. The van der Waals surface area contributed by atoms with Crippen molar-refractivity contribution in [1.29, 1.82) is 0 Å². The average Bonchev–Trinajstić information content (AvgIpc) is 2.81. The monoisotopic (exact) mass is 485 g/mol. The van der Waals surface area contributed by atoms with Gasteiger partial charge in [-0.15, -0.1) is 12.4 Å². The van der Waals surface area contributed by atoms with Gasteiger partial charge < -0.3 is 9.15 Å². The summed E-state index contributed by atoms with van der Waals surface area (Å²) in [7, 11) is 0. The van der Waals surface area contributed by atoms with E-state index in [0.717, 1.165) is 36.5 Å². The van der Waals surface area contributed by atoms with Crippen molar-refractivity contribution in [3.05, 3.63) is 75.1 Å². The number of unbranched alkanes of at least 4 members (excludes halogenated alkanes) is 2. The van der Waals surface area contributed by atoms with E-state index in [0.29, 0.717) is 23.1 Å². The highest BCUT2D eigenvalue weighted by Gasteiger charge is 2.17. The Hall–Kier alpha value is -2.63. The fourth-order valence-corrected chi connectivity index (χ4v) is 4.04. The number of carbonyl (C=O) groups excluding carboxylic acids is 1. The number of para-hydroxylation sites is 1. The molecule has 3 aromatic rings. The maximum Gasteiger partial charge on any atom is 0.228 e. The smallest absolute Gasteiger partial charge is 0.228 e. The van der Waals surface area contributed by atoms with Crippen LogP contribution in [0.25, 0.3) is 11.0 Å². The lowest BCUT2D eigenvalue weighted by Crippen LogP contribution is -2.30. The standard InChI is InChI=1S/C28H35NO4.ClH/c1-5-7-13-29(14-8-6-2)15-16-32-28-20(3)17-22(18-21(28)4)27(31)26-19-24(30)23-11-9-10-12-25(23)33-26;/h9-12,17-19H,5-8,13-16H2,1-4H3;1H. The summed E-state index contributed by atoms with van der Waals surface area (Å²) in [6.45, 7) is 12.0. The second-order valence-electron chi connectivity index (χ2n) is 8.64. The zero-order chi connectivity index (χ0) is 23.8. The van der Waals surface area contributed by atoms with Gasteiger partial charge in [0, 0.05) is 18.2 Å². The number of carbonyl (C=O) groups is 1. The first-order chi connectivity index (χ1) is 15.9. The van der Waals surface area contributed by atoms with Gasteiger partial charge in [-0.3, -0.25) is 14.5 Å². The quantitative estimate of drug-likeness (QED) is 0.280. The Balaban J connectivity index is 0.00000408. The number of hydrogen-bond donors (Lipinski definition) is 0. The number of benzene rings is 2. The predicted molar refractivity (Wildman–Crippen MR) is 141 cm³/mol. The van der Waals surface area contributed by atoms with Crippen LogP contribution in [0, 0.1) is 13.8 Å². The van der Waals surface area contributed by atoms with Crippen LogP contribution in [-0.2, 0) is 0 Å². The van der Waals surface area contributed by atoms with E-state index in [9.17, 15) is 9.59 Å². The summed E-state index contributed by atoms with van der Waals surface area (Å²) >= 11 is 0. The molecule has 0 unspecified atom stereocenters. The molecule has 0 bridgehead atoms. The van der Waals surface area contributed by atoms with Gasteiger partial charge in [-0.25, -0.2) is 0 Å². The van der Waals surface area contributed by atoms with E-state index in [1.165, 1.54) is 31.7 Å².